The molecule has 6 heteroatoms. The van der Waals surface area contributed by atoms with E-state index in [1.54, 1.807) is 36.9 Å². The number of carbonyl (C=O) groups is 1. The van der Waals surface area contributed by atoms with Gasteiger partial charge in [0.15, 0.2) is 11.5 Å². The fourth-order valence-corrected chi connectivity index (χ4v) is 1.88. The van der Waals surface area contributed by atoms with Gasteiger partial charge in [-0.2, -0.15) is 0 Å². The molecule has 0 atom stereocenters. The fraction of sp³-hybridized carbons (Fsp3) is 0.250. The molecule has 0 aliphatic rings. The monoisotopic (exact) mass is 265 g/mol. The largest absolute Gasteiger partial charge is 0.494 e. The Hall–Kier alpha value is -1.88. The van der Waals surface area contributed by atoms with Gasteiger partial charge in [0, 0.05) is 11.9 Å². The van der Waals surface area contributed by atoms with E-state index in [0.29, 0.717) is 27.8 Å². The third-order valence-corrected chi connectivity index (χ3v) is 2.83. The van der Waals surface area contributed by atoms with Crippen LogP contribution in [-0.4, -0.2) is 27.9 Å². The number of aromatic nitrogens is 3. The maximum absolute atomic E-state index is 11.4. The molecule has 5 nitrogen and oxygen atoms in total. The molecule has 1 heterocycles. The summed E-state index contributed by atoms with van der Waals surface area (Å²) in [6.07, 6.45) is 0. The van der Waals surface area contributed by atoms with Gasteiger partial charge in [-0.05, 0) is 25.1 Å². The molecule has 2 rings (SSSR count). The Morgan fingerprint density at radius 3 is 2.72 bits per heavy atom. The van der Waals surface area contributed by atoms with Crippen LogP contribution in [-0.2, 0) is 0 Å². The molecular formula is C12H12ClN3O2. The Bertz CT molecular complexity index is 607. The van der Waals surface area contributed by atoms with Gasteiger partial charge < -0.3 is 4.74 Å². The molecule has 0 bridgehead atoms. The van der Waals surface area contributed by atoms with Gasteiger partial charge in [0.1, 0.15) is 11.4 Å². The fourth-order valence-electron chi connectivity index (χ4n) is 1.71. The van der Waals surface area contributed by atoms with Gasteiger partial charge in [-0.1, -0.05) is 16.8 Å². The Labute approximate surface area is 109 Å². The Morgan fingerprint density at radius 1 is 1.44 bits per heavy atom. The number of rotatable bonds is 3. The van der Waals surface area contributed by atoms with Crippen molar-refractivity contribution in [2.24, 2.45) is 0 Å². The molecule has 94 valence electrons. The quantitative estimate of drug-likeness (QED) is 0.800. The highest BCUT2D eigenvalue weighted by atomic mass is 35.5. The van der Waals surface area contributed by atoms with E-state index in [-0.39, 0.29) is 5.78 Å². The molecule has 0 N–H and O–H groups in total. The van der Waals surface area contributed by atoms with Gasteiger partial charge in [-0.15, -0.1) is 5.10 Å². The summed E-state index contributed by atoms with van der Waals surface area (Å²) in [5.41, 5.74) is 1.66. The Morgan fingerprint density at radius 2 is 2.17 bits per heavy atom. The van der Waals surface area contributed by atoms with Gasteiger partial charge >= 0.3 is 0 Å². The van der Waals surface area contributed by atoms with Crippen LogP contribution in [0.5, 0.6) is 5.75 Å². The van der Waals surface area contributed by atoms with Crippen LogP contribution in [0.25, 0.3) is 5.69 Å². The second-order valence-electron chi connectivity index (χ2n) is 3.81. The van der Waals surface area contributed by atoms with Crippen molar-refractivity contribution in [2.75, 3.05) is 7.11 Å². The van der Waals surface area contributed by atoms with Crippen LogP contribution in [0.15, 0.2) is 18.2 Å². The van der Waals surface area contributed by atoms with E-state index in [2.05, 4.69) is 10.3 Å². The second-order valence-corrected chi connectivity index (χ2v) is 4.24. The topological polar surface area (TPSA) is 57.0 Å². The molecule has 1 aromatic carbocycles. The second kappa shape index (κ2) is 4.78. The molecule has 0 amide bonds. The molecule has 0 aliphatic carbocycles. The first-order valence-electron chi connectivity index (χ1n) is 5.31. The summed E-state index contributed by atoms with van der Waals surface area (Å²) < 4.78 is 6.79. The first-order valence-corrected chi connectivity index (χ1v) is 5.69. The van der Waals surface area contributed by atoms with Crippen molar-refractivity contribution in [3.63, 3.8) is 0 Å². The van der Waals surface area contributed by atoms with Gasteiger partial charge in [0.05, 0.1) is 12.8 Å². The summed E-state index contributed by atoms with van der Waals surface area (Å²) in [6, 6.07) is 5.18. The van der Waals surface area contributed by atoms with Gasteiger partial charge in [-0.25, -0.2) is 4.68 Å². The summed E-state index contributed by atoms with van der Waals surface area (Å²) in [6.45, 7) is 3.23. The Kier molecular flexibility index (Phi) is 3.34. The molecule has 0 aliphatic heterocycles. The molecule has 2 aromatic rings. The highest BCUT2D eigenvalue weighted by Crippen LogP contribution is 2.27. The van der Waals surface area contributed by atoms with E-state index < -0.39 is 0 Å². The summed E-state index contributed by atoms with van der Waals surface area (Å²) in [5, 5.41) is 8.39. The minimum absolute atomic E-state index is 0.125. The van der Waals surface area contributed by atoms with Crippen molar-refractivity contribution in [3.8, 4) is 11.4 Å². The first kappa shape index (κ1) is 12.6. The summed E-state index contributed by atoms with van der Waals surface area (Å²) in [4.78, 5) is 11.4. The predicted molar refractivity (Wildman–Crippen MR) is 67.7 cm³/mol. The standard InChI is InChI=1S/C12H12ClN3O2/c1-7-12(8(2)17)14-15-16(7)10-6-9(13)4-5-11(10)18-3/h4-6H,1-3H3. The summed E-state index contributed by atoms with van der Waals surface area (Å²) >= 11 is 5.96. The highest BCUT2D eigenvalue weighted by molar-refractivity contribution is 6.30. The number of nitrogens with zero attached hydrogens (tertiary/aromatic N) is 3. The van der Waals surface area contributed by atoms with Crippen LogP contribution in [0.3, 0.4) is 0 Å². The predicted octanol–water partition coefficient (Wildman–Crippen LogP) is 2.44. The van der Waals surface area contributed by atoms with E-state index in [4.69, 9.17) is 16.3 Å². The zero-order valence-corrected chi connectivity index (χ0v) is 11.0. The van der Waals surface area contributed by atoms with Crippen LogP contribution >= 0.6 is 11.6 Å². The summed E-state index contributed by atoms with van der Waals surface area (Å²) in [5.74, 6) is 0.488. The van der Waals surface area contributed by atoms with Crippen LogP contribution in [0, 0.1) is 6.92 Å². The van der Waals surface area contributed by atoms with Crippen molar-refractivity contribution >= 4 is 17.4 Å². The maximum Gasteiger partial charge on any atom is 0.181 e. The van der Waals surface area contributed by atoms with Gasteiger partial charge in [0.25, 0.3) is 0 Å². The number of hydrogen-bond donors (Lipinski definition) is 0. The molecule has 0 spiro atoms. The third kappa shape index (κ3) is 2.09. The van der Waals surface area contributed by atoms with E-state index in [1.807, 2.05) is 0 Å². The molecule has 0 fully saturated rings. The number of halogens is 1. The zero-order valence-electron chi connectivity index (χ0n) is 10.3. The zero-order chi connectivity index (χ0) is 13.3. The van der Waals surface area contributed by atoms with Crippen molar-refractivity contribution in [1.82, 2.24) is 15.0 Å². The SMILES string of the molecule is COc1ccc(Cl)cc1-n1nnc(C(C)=O)c1C. The number of benzene rings is 1. The lowest BCUT2D eigenvalue weighted by Crippen LogP contribution is -2.03. The molecule has 0 unspecified atom stereocenters. The number of ether oxygens (including phenoxy) is 1. The average molecular weight is 266 g/mol. The number of carbonyl (C=O) groups excluding carboxylic acids is 1. The van der Waals surface area contributed by atoms with Crippen molar-refractivity contribution in [2.45, 2.75) is 13.8 Å². The lowest BCUT2D eigenvalue weighted by atomic mass is 10.2. The van der Waals surface area contributed by atoms with E-state index >= 15 is 0 Å². The molecule has 1 aromatic heterocycles. The van der Waals surface area contributed by atoms with E-state index in [9.17, 15) is 4.79 Å². The molecule has 18 heavy (non-hydrogen) atoms. The maximum atomic E-state index is 11.4. The van der Waals surface area contributed by atoms with Crippen LogP contribution in [0.1, 0.15) is 23.1 Å². The minimum Gasteiger partial charge on any atom is -0.494 e. The third-order valence-electron chi connectivity index (χ3n) is 2.60. The number of Topliss-reactive ketones (excluding diaryl/α,β-unsaturated/α-hetero) is 1. The normalized spacial score (nSPS) is 10.4. The van der Waals surface area contributed by atoms with Crippen molar-refractivity contribution in [1.29, 1.82) is 0 Å². The van der Waals surface area contributed by atoms with E-state index in [1.165, 1.54) is 6.92 Å². The molecule has 0 radical (unpaired) electrons. The summed E-state index contributed by atoms with van der Waals surface area (Å²) in [7, 11) is 1.56. The van der Waals surface area contributed by atoms with Crippen LogP contribution in [0.2, 0.25) is 5.02 Å². The van der Waals surface area contributed by atoms with Crippen molar-refractivity contribution in [3.05, 3.63) is 34.6 Å². The van der Waals surface area contributed by atoms with E-state index in [0.717, 1.165) is 0 Å². The Balaban J connectivity index is 2.61. The minimum atomic E-state index is -0.125. The number of methoxy groups -OCH3 is 1. The van der Waals surface area contributed by atoms with Crippen LogP contribution < -0.4 is 4.74 Å². The van der Waals surface area contributed by atoms with Gasteiger partial charge in [0.2, 0.25) is 0 Å². The number of hydrogen-bond acceptors (Lipinski definition) is 4. The smallest absolute Gasteiger partial charge is 0.181 e. The van der Waals surface area contributed by atoms with Crippen molar-refractivity contribution < 1.29 is 9.53 Å². The average Bonchev–Trinajstić information content (AvgIpc) is 2.71. The number of ketones is 1. The lowest BCUT2D eigenvalue weighted by molar-refractivity contribution is 0.101. The van der Waals surface area contributed by atoms with Crippen LogP contribution in [0.4, 0.5) is 0 Å². The molecule has 0 saturated heterocycles. The first-order chi connectivity index (χ1) is 8.54. The molecule has 0 saturated carbocycles. The lowest BCUT2D eigenvalue weighted by Gasteiger charge is -2.09. The molecular weight excluding hydrogens is 254 g/mol. The highest BCUT2D eigenvalue weighted by Gasteiger charge is 2.16. The van der Waals surface area contributed by atoms with Gasteiger partial charge in [-0.3, -0.25) is 4.79 Å².